The normalized spacial score (nSPS) is 7.78. The van der Waals surface area contributed by atoms with Gasteiger partial charge in [-0.05, 0) is 0 Å². The third-order valence-corrected chi connectivity index (χ3v) is 0. The van der Waals surface area contributed by atoms with E-state index in [1.165, 1.54) is 5.34 Å². The van der Waals surface area contributed by atoms with E-state index in [2.05, 4.69) is 0 Å². The zero-order valence-electron chi connectivity index (χ0n) is 3.42. The maximum absolute atomic E-state index is 8.74. The maximum Gasteiger partial charge on any atom is 0.394 e. The molecule has 3 N–H and O–H groups in total. The van der Waals surface area contributed by atoms with Crippen LogP contribution >= 0.6 is 0 Å². The van der Waals surface area contributed by atoms with Crippen molar-refractivity contribution in [2.45, 2.75) is 0 Å². The Balaban J connectivity index is -0.0000000800. The molecule has 0 heterocycles. The van der Waals surface area contributed by atoms with E-state index in [-0.39, 0.29) is 23.1 Å². The van der Waals surface area contributed by atoms with E-state index < -0.39 is 10.4 Å². The maximum atomic E-state index is 8.74. The van der Waals surface area contributed by atoms with Gasteiger partial charge in [-0.3, -0.25) is 9.11 Å². The first kappa shape index (κ1) is 16.0. The van der Waals surface area contributed by atoms with Gasteiger partial charge >= 0.3 is 33.5 Å². The minimum atomic E-state index is -4.67. The van der Waals surface area contributed by atoms with Crippen molar-refractivity contribution in [3.05, 3.63) is 4.91 Å². The van der Waals surface area contributed by atoms with Gasteiger partial charge in [0.05, 0.1) is 0 Å². The van der Waals surface area contributed by atoms with E-state index in [1.54, 1.807) is 0 Å². The summed E-state index contributed by atoms with van der Waals surface area (Å²) in [7, 11) is -4.67. The molecule has 0 aliphatic carbocycles. The lowest BCUT2D eigenvalue weighted by atomic mass is 13.4. The fourth-order valence-electron chi connectivity index (χ4n) is 0. The van der Waals surface area contributed by atoms with Gasteiger partial charge in [0.2, 0.25) is 0 Å². The first-order valence-corrected chi connectivity index (χ1v) is 2.48. The SMILES string of the molecule is O=NO.O=S(=O)(O)O.[MgH2]. The predicted molar refractivity (Wildman–Crippen MR) is 30.3 cm³/mol. The van der Waals surface area contributed by atoms with Crippen molar-refractivity contribution in [3.63, 3.8) is 0 Å². The van der Waals surface area contributed by atoms with Crippen LogP contribution in [0.1, 0.15) is 0 Å². The second-order valence-corrected chi connectivity index (χ2v) is 1.43. The molecule has 0 bridgehead atoms. The molecule has 0 aromatic rings. The molecule has 0 aliphatic heterocycles. The molecule has 7 nitrogen and oxygen atoms in total. The van der Waals surface area contributed by atoms with Crippen molar-refractivity contribution < 1.29 is 22.7 Å². The molecule has 0 rings (SSSR count). The van der Waals surface area contributed by atoms with Gasteiger partial charge in [0, 0.05) is 0 Å². The van der Waals surface area contributed by atoms with E-state index in [0.29, 0.717) is 0 Å². The van der Waals surface area contributed by atoms with Crippen LogP contribution in [0.15, 0.2) is 5.34 Å². The van der Waals surface area contributed by atoms with E-state index in [1.807, 2.05) is 0 Å². The molecule has 0 aliphatic rings. The van der Waals surface area contributed by atoms with Gasteiger partial charge in [-0.1, -0.05) is 0 Å². The van der Waals surface area contributed by atoms with E-state index >= 15 is 0 Å². The molecule has 0 unspecified atom stereocenters. The highest BCUT2D eigenvalue weighted by Gasteiger charge is 1.84. The highest BCUT2D eigenvalue weighted by molar-refractivity contribution is 7.79. The summed E-state index contributed by atoms with van der Waals surface area (Å²) in [6.07, 6.45) is 0. The topological polar surface area (TPSA) is 124 Å². The van der Waals surface area contributed by atoms with E-state index in [0.717, 1.165) is 0 Å². The van der Waals surface area contributed by atoms with Crippen molar-refractivity contribution in [2.75, 3.05) is 0 Å². The monoisotopic (exact) mass is 171 g/mol. The minimum absolute atomic E-state index is 0. The van der Waals surface area contributed by atoms with Gasteiger partial charge in [0.1, 0.15) is 0 Å². The zero-order chi connectivity index (χ0) is 7.21. The van der Waals surface area contributed by atoms with Crippen LogP contribution in [0, 0.1) is 4.91 Å². The van der Waals surface area contributed by atoms with Gasteiger partial charge in [-0.2, -0.15) is 8.42 Å². The van der Waals surface area contributed by atoms with Crippen molar-refractivity contribution in [1.82, 2.24) is 0 Å². The molecule has 0 amide bonds. The van der Waals surface area contributed by atoms with Crippen molar-refractivity contribution >= 4 is 33.5 Å². The molecule has 54 valence electrons. The molecule has 0 aromatic carbocycles. The van der Waals surface area contributed by atoms with Crippen molar-refractivity contribution in [3.8, 4) is 0 Å². The van der Waals surface area contributed by atoms with Crippen LogP contribution in [0.25, 0.3) is 0 Å². The Kier molecular flexibility index (Phi) is 14.3. The third-order valence-electron chi connectivity index (χ3n) is 0. The van der Waals surface area contributed by atoms with Crippen LogP contribution in [-0.4, -0.2) is 45.8 Å². The predicted octanol–water partition coefficient (Wildman–Crippen LogP) is -1.43. The summed E-state index contributed by atoms with van der Waals surface area (Å²) in [5.41, 5.74) is 0. The van der Waals surface area contributed by atoms with Gasteiger partial charge in [0.15, 0.2) is 5.34 Å². The van der Waals surface area contributed by atoms with Gasteiger partial charge < -0.3 is 5.21 Å². The molecule has 0 spiro atoms. The standard InChI is InChI=1S/Mg.HNO2.H2O4S.2H/c;2-1-3;1-5(2,3)4;;/h;(H,2,3);(H2,1,2,3,4);;. The van der Waals surface area contributed by atoms with Crippen LogP contribution < -0.4 is 0 Å². The summed E-state index contributed by atoms with van der Waals surface area (Å²) < 4.78 is 31.6. The number of rotatable bonds is 0. The van der Waals surface area contributed by atoms with Crippen LogP contribution in [0.5, 0.6) is 0 Å². The summed E-state index contributed by atoms with van der Waals surface area (Å²) in [5.74, 6) is 0. The first-order valence-electron chi connectivity index (χ1n) is 1.08. The van der Waals surface area contributed by atoms with Gasteiger partial charge in [-0.15, -0.1) is 4.91 Å². The molecule has 0 saturated heterocycles. The molecule has 9 heavy (non-hydrogen) atoms. The summed E-state index contributed by atoms with van der Waals surface area (Å²) in [6, 6.07) is 0. The molecular weight excluding hydrogens is 166 g/mol. The van der Waals surface area contributed by atoms with Crippen LogP contribution in [-0.2, 0) is 10.4 Å². The average Bonchev–Trinajstić information content (AvgIpc) is 1.27. The third kappa shape index (κ3) is 223000. The zero-order valence-corrected chi connectivity index (χ0v) is 4.24. The highest BCUT2D eigenvalue weighted by atomic mass is 32.3. The van der Waals surface area contributed by atoms with Crippen LogP contribution in [0.4, 0.5) is 0 Å². The van der Waals surface area contributed by atoms with Crippen LogP contribution in [0.3, 0.4) is 0 Å². The summed E-state index contributed by atoms with van der Waals surface area (Å²) >= 11 is 0. The van der Waals surface area contributed by atoms with Crippen molar-refractivity contribution in [2.24, 2.45) is 5.34 Å². The average molecular weight is 171 g/mol. The smallest absolute Gasteiger partial charge is 0.379 e. The number of nitrogens with zero attached hydrogens (tertiary/aromatic N) is 1. The molecule has 0 saturated carbocycles. The lowest BCUT2D eigenvalue weighted by molar-refractivity contribution is 0.312. The highest BCUT2D eigenvalue weighted by Crippen LogP contribution is 1.59. The van der Waals surface area contributed by atoms with Crippen molar-refractivity contribution in [1.29, 1.82) is 0 Å². The summed E-state index contributed by atoms with van der Waals surface area (Å²) in [5, 5.41) is 7.89. The van der Waals surface area contributed by atoms with Crippen LogP contribution in [0.2, 0.25) is 0 Å². The first-order chi connectivity index (χ1) is 3.41. The largest absolute Gasteiger partial charge is 0.394 e. The molecule has 9 heteroatoms. The fraction of sp³-hybridized carbons (Fsp3) is 0. The van der Waals surface area contributed by atoms with Gasteiger partial charge in [-0.25, -0.2) is 0 Å². The Morgan fingerprint density at radius 1 is 1.22 bits per heavy atom. The second-order valence-electron chi connectivity index (χ2n) is 0.529. The van der Waals surface area contributed by atoms with E-state index in [9.17, 15) is 0 Å². The summed E-state index contributed by atoms with van der Waals surface area (Å²) in [6.45, 7) is 0. The molecular formula is H5MgNO6S. The molecule has 0 aromatic heterocycles. The molecule has 0 atom stereocenters. The Morgan fingerprint density at radius 3 is 1.22 bits per heavy atom. The quantitative estimate of drug-likeness (QED) is 0.178. The second kappa shape index (κ2) is 8.04. The number of hydrogen-bond acceptors (Lipinski definition) is 4. The Morgan fingerprint density at radius 2 is 1.22 bits per heavy atom. The lowest BCUT2D eigenvalue weighted by Gasteiger charge is -1.68. The fourth-order valence-corrected chi connectivity index (χ4v) is 0. The Labute approximate surface area is 66.7 Å². The minimum Gasteiger partial charge on any atom is -0.379 e. The van der Waals surface area contributed by atoms with E-state index in [4.69, 9.17) is 27.6 Å². The Bertz CT molecular complexity index is 127. The Hall–Kier alpha value is 0.0362. The molecule has 0 radical (unpaired) electrons. The lowest BCUT2D eigenvalue weighted by Crippen LogP contribution is -1.89. The summed E-state index contributed by atoms with van der Waals surface area (Å²) in [4.78, 5) is 8.11. The van der Waals surface area contributed by atoms with Gasteiger partial charge in [0.25, 0.3) is 0 Å². The number of hydrogen-bond donors (Lipinski definition) is 3. The molecule has 0 fully saturated rings.